The average molecular weight is 677 g/mol. The lowest BCUT2D eigenvalue weighted by Gasteiger charge is -2.17. The van der Waals surface area contributed by atoms with E-state index in [0.717, 1.165) is 11.3 Å². The van der Waals surface area contributed by atoms with Gasteiger partial charge in [0.05, 0.1) is 44.1 Å². The lowest BCUT2D eigenvalue weighted by molar-refractivity contribution is 1.06. The molecule has 0 saturated carbocycles. The van der Waals surface area contributed by atoms with Crippen molar-refractivity contribution in [2.45, 2.75) is 0 Å². The Morgan fingerprint density at radius 1 is 0.460 bits per heavy atom. The highest BCUT2D eigenvalue weighted by atomic mass is 32.1. The third-order valence-electron chi connectivity index (χ3n) is 8.14. The monoisotopic (exact) mass is 676 g/mol. The molecule has 7 aromatic carbocycles. The summed E-state index contributed by atoms with van der Waals surface area (Å²) in [4.78, 5) is 14.1. The number of fused-ring (bicyclic) bond motifs is 6. The molecule has 0 aliphatic rings. The maximum absolute atomic E-state index is 9.36. The van der Waals surface area contributed by atoms with Crippen LogP contribution in [0.15, 0.2) is 169 Å². The maximum atomic E-state index is 9.36. The van der Waals surface area contributed by atoms with Gasteiger partial charge < -0.3 is 4.57 Å². The predicted octanol–water partition coefficient (Wildman–Crippen LogP) is 12.0. The first-order chi connectivity index (χ1) is 33.1. The fourth-order valence-corrected chi connectivity index (χ4v) is 6.96. The summed E-state index contributed by atoms with van der Waals surface area (Å²) in [6.07, 6.45) is 0. The van der Waals surface area contributed by atoms with Gasteiger partial charge in [0, 0.05) is 47.6 Å². The molecule has 0 saturated heterocycles. The van der Waals surface area contributed by atoms with E-state index in [1.54, 1.807) is 30.3 Å². The van der Waals surface area contributed by atoms with Gasteiger partial charge in [-0.2, -0.15) is 0 Å². The van der Waals surface area contributed by atoms with Crippen molar-refractivity contribution in [3.8, 4) is 51.0 Å². The number of hydrogen-bond acceptors (Lipinski definition) is 4. The van der Waals surface area contributed by atoms with Gasteiger partial charge in [0.1, 0.15) is 0 Å². The minimum absolute atomic E-state index is 0.0257. The van der Waals surface area contributed by atoms with Crippen LogP contribution in [0.1, 0.15) is 27.4 Å². The van der Waals surface area contributed by atoms with E-state index in [1.807, 2.05) is 0 Å². The van der Waals surface area contributed by atoms with Crippen molar-refractivity contribution in [2.24, 2.45) is 0 Å². The van der Waals surface area contributed by atoms with Crippen LogP contribution >= 0.6 is 11.3 Å². The quantitative estimate of drug-likeness (QED) is 0.182. The zero-order chi connectivity index (χ0) is 50.4. The van der Waals surface area contributed by atoms with Gasteiger partial charge in [-0.3, -0.25) is 0 Å². The SMILES string of the molecule is [2H]c1c([2H])c([2H])c(-c2nc(-c3ccccc3)nc(-c3ccc(-c4c([2H])c([2H])c([2H])c5sc6c([2H])c([2H])c([2H])c([2H])c6c45)cc3-n3c4c([2H])c([2H])c([2H])c([2H])c4c4c([2H])c([2H])c([2H])c([2H])c43)n2)c([2H])c1[2H]. The number of thiophene rings is 1. The Balaban J connectivity index is 1.44. The lowest BCUT2D eigenvalue weighted by atomic mass is 9.97. The molecule has 3 aromatic heterocycles. The van der Waals surface area contributed by atoms with Crippen LogP contribution in [0.4, 0.5) is 0 Å². The fourth-order valence-electron chi connectivity index (χ4n) is 5.99. The van der Waals surface area contributed by atoms with Crippen LogP contribution in [0.5, 0.6) is 0 Å². The molecule has 0 aliphatic heterocycles. The first-order valence-corrected chi connectivity index (χ1v) is 15.9. The second-order valence-corrected chi connectivity index (χ2v) is 12.0. The van der Waals surface area contributed by atoms with E-state index >= 15 is 0 Å². The topological polar surface area (TPSA) is 43.6 Å². The summed E-state index contributed by atoms with van der Waals surface area (Å²) in [7, 11) is 0. The summed E-state index contributed by atoms with van der Waals surface area (Å²) >= 11 is 0.835. The largest absolute Gasteiger partial charge is 0.308 e. The molecule has 10 aromatic rings. The van der Waals surface area contributed by atoms with Crippen LogP contribution in [0, 0.1) is 0 Å². The van der Waals surface area contributed by atoms with Crippen molar-refractivity contribution in [1.82, 2.24) is 19.5 Å². The van der Waals surface area contributed by atoms with Crippen molar-refractivity contribution in [3.63, 3.8) is 0 Å². The van der Waals surface area contributed by atoms with Gasteiger partial charge in [-0.1, -0.05) is 133 Å². The fraction of sp³-hybridized carbons (Fsp3) is 0. The highest BCUT2D eigenvalue weighted by Crippen LogP contribution is 2.43. The van der Waals surface area contributed by atoms with Crippen molar-refractivity contribution in [2.75, 3.05) is 0 Å². The Kier molecular flexibility index (Phi) is 3.48. The van der Waals surface area contributed by atoms with Gasteiger partial charge >= 0.3 is 0 Å². The molecule has 0 aliphatic carbocycles. The first-order valence-electron chi connectivity index (χ1n) is 25.1. The molecule has 0 atom stereocenters. The van der Waals surface area contributed by atoms with Crippen molar-refractivity contribution in [3.05, 3.63) is 169 Å². The van der Waals surface area contributed by atoms with E-state index in [0.29, 0.717) is 5.56 Å². The molecular formula is C45H28N4S. The summed E-state index contributed by atoms with van der Waals surface area (Å²) in [6, 6.07) is 0.164. The number of para-hydroxylation sites is 2. The van der Waals surface area contributed by atoms with E-state index in [2.05, 4.69) is 4.98 Å². The zero-order valence-corrected chi connectivity index (χ0v) is 26.1. The summed E-state index contributed by atoms with van der Waals surface area (Å²) in [5.41, 5.74) is -0.962. The number of aromatic nitrogens is 4. The molecule has 0 amide bonds. The van der Waals surface area contributed by atoms with E-state index in [4.69, 9.17) is 33.3 Å². The smallest absolute Gasteiger partial charge is 0.166 e. The third kappa shape index (κ3) is 4.63. The Morgan fingerprint density at radius 3 is 1.84 bits per heavy atom. The second kappa shape index (κ2) is 11.6. The Hall–Kier alpha value is -6.43. The van der Waals surface area contributed by atoms with Crippen LogP contribution < -0.4 is 0 Å². The Bertz CT molecular complexity index is 3920. The van der Waals surface area contributed by atoms with E-state index in [1.165, 1.54) is 22.8 Å². The van der Waals surface area contributed by atoms with Gasteiger partial charge in [-0.15, -0.1) is 11.3 Å². The van der Waals surface area contributed by atoms with Crippen molar-refractivity contribution in [1.29, 1.82) is 0 Å². The number of hydrogen-bond donors (Lipinski definition) is 0. The lowest BCUT2D eigenvalue weighted by Crippen LogP contribution is -2.04. The highest BCUT2D eigenvalue weighted by Gasteiger charge is 2.21. The van der Waals surface area contributed by atoms with Gasteiger partial charge in [0.25, 0.3) is 0 Å². The predicted molar refractivity (Wildman–Crippen MR) is 209 cm³/mol. The second-order valence-electron chi connectivity index (χ2n) is 10.9. The minimum atomic E-state index is -0.733. The normalized spacial score (nSPS) is 17.2. The van der Waals surface area contributed by atoms with Crippen LogP contribution in [0.3, 0.4) is 0 Å². The van der Waals surface area contributed by atoms with E-state index < -0.39 is 126 Å². The van der Waals surface area contributed by atoms with Crippen LogP contribution in [0.2, 0.25) is 0 Å². The first kappa shape index (κ1) is 15.0. The minimum Gasteiger partial charge on any atom is -0.308 e. The molecule has 5 heteroatoms. The van der Waals surface area contributed by atoms with Gasteiger partial charge in [0.15, 0.2) is 17.5 Å². The van der Waals surface area contributed by atoms with Gasteiger partial charge in [-0.25, -0.2) is 15.0 Å². The third-order valence-corrected chi connectivity index (χ3v) is 9.16. The summed E-state index contributed by atoms with van der Waals surface area (Å²) in [5, 5.41) is -0.597. The van der Waals surface area contributed by atoms with Crippen molar-refractivity contribution < 1.29 is 27.4 Å². The molecular weight excluding hydrogens is 629 g/mol. The highest BCUT2D eigenvalue weighted by molar-refractivity contribution is 7.25. The van der Waals surface area contributed by atoms with Gasteiger partial charge in [-0.05, 0) is 47.4 Å². The molecule has 0 spiro atoms. The summed E-state index contributed by atoms with van der Waals surface area (Å²) in [6.45, 7) is 0. The Morgan fingerprint density at radius 2 is 1.08 bits per heavy atom. The molecule has 0 unspecified atom stereocenters. The average Bonchev–Trinajstić information content (AvgIpc) is 3.94. The number of nitrogens with zero attached hydrogens (tertiary/aromatic N) is 4. The standard InChI is InChI=1S/C45H28N4S/c1-3-14-29(15-4-1)43-46-44(30-16-5-2-6-17-30)48-45(47-43)35-27-26-31(32-21-13-25-41-42(32)36-20-9-12-24-40(36)50-41)28-39(35)49-37-22-10-7-18-33(37)34-19-8-11-23-38(34)49/h1-28H/i1D,3D,4D,7D,8D,9D,10D,11D,12D,13D,14D,15D,18D,19D,20D,21D,22D,23D,24D,25D. The molecule has 0 N–H and O–H groups in total. The molecule has 4 nitrogen and oxygen atoms in total. The van der Waals surface area contributed by atoms with Crippen LogP contribution in [0.25, 0.3) is 93.0 Å². The summed E-state index contributed by atoms with van der Waals surface area (Å²) in [5.74, 6) is -0.726. The maximum Gasteiger partial charge on any atom is 0.166 e. The van der Waals surface area contributed by atoms with Crippen LogP contribution in [-0.2, 0) is 0 Å². The molecule has 10 rings (SSSR count). The van der Waals surface area contributed by atoms with Gasteiger partial charge in [0.2, 0.25) is 0 Å². The Labute approximate surface area is 320 Å². The molecule has 0 bridgehead atoms. The molecule has 234 valence electrons. The van der Waals surface area contributed by atoms with E-state index in [9.17, 15) is 4.11 Å². The molecule has 0 radical (unpaired) electrons. The van der Waals surface area contributed by atoms with E-state index in [-0.39, 0.29) is 81.8 Å². The number of benzene rings is 7. The molecule has 3 heterocycles. The zero-order valence-electron chi connectivity index (χ0n) is 45.3. The number of rotatable bonds is 5. The van der Waals surface area contributed by atoms with Crippen LogP contribution in [-0.4, -0.2) is 19.5 Å². The summed E-state index contributed by atoms with van der Waals surface area (Å²) < 4.78 is 178. The van der Waals surface area contributed by atoms with Crippen molar-refractivity contribution >= 4 is 53.3 Å². The molecule has 50 heavy (non-hydrogen) atoms. The molecule has 0 fully saturated rings.